The lowest BCUT2D eigenvalue weighted by Gasteiger charge is -2.65. The van der Waals surface area contributed by atoms with Crippen LogP contribution in [0, 0.1) is 34.0 Å². The summed E-state index contributed by atoms with van der Waals surface area (Å²) in [5.74, 6) is 1.28. The number of aliphatic hydroxyl groups excluding tert-OH is 2. The molecule has 4 fully saturated rings. The van der Waals surface area contributed by atoms with Crippen LogP contribution in [0.25, 0.3) is 0 Å². The van der Waals surface area contributed by atoms with E-state index in [1.54, 1.807) is 0 Å². The summed E-state index contributed by atoms with van der Waals surface area (Å²) in [5.41, 5.74) is 1.47. The third-order valence-electron chi connectivity index (χ3n) is 8.46. The normalized spacial score (nSPS) is 56.4. The molecule has 22 heavy (non-hydrogen) atoms. The van der Waals surface area contributed by atoms with Crippen molar-refractivity contribution in [1.29, 1.82) is 0 Å². The van der Waals surface area contributed by atoms with E-state index in [0.29, 0.717) is 17.3 Å². The van der Waals surface area contributed by atoms with Crippen LogP contribution in [0.5, 0.6) is 0 Å². The lowest BCUT2D eigenvalue weighted by atomic mass is 9.40. The average molecular weight is 304 g/mol. The number of hydrogen-bond acceptors (Lipinski definition) is 2. The van der Waals surface area contributed by atoms with E-state index in [4.69, 9.17) is 0 Å². The maximum atomic E-state index is 11.0. The van der Waals surface area contributed by atoms with Crippen molar-refractivity contribution < 1.29 is 10.2 Å². The molecule has 4 aliphatic rings. The summed E-state index contributed by atoms with van der Waals surface area (Å²) in [6.45, 7) is 11.5. The molecule has 0 amide bonds. The zero-order valence-electron chi connectivity index (χ0n) is 14.4. The van der Waals surface area contributed by atoms with Gasteiger partial charge in [0.2, 0.25) is 0 Å². The van der Waals surface area contributed by atoms with E-state index in [9.17, 15) is 10.2 Å². The number of fused-ring (bicyclic) bond motifs is 3. The molecule has 0 aromatic heterocycles. The Balaban J connectivity index is 1.82. The molecular weight excluding hydrogens is 272 g/mol. The molecule has 2 nitrogen and oxygen atoms in total. The quantitative estimate of drug-likeness (QED) is 0.666. The van der Waals surface area contributed by atoms with E-state index in [1.165, 1.54) is 25.7 Å². The zero-order chi connectivity index (χ0) is 15.9. The first-order valence-corrected chi connectivity index (χ1v) is 9.27. The first-order chi connectivity index (χ1) is 10.2. The maximum Gasteiger partial charge on any atom is 0.0810 e. The standard InChI is InChI=1S/C20H32O2/c1-12-13-10-14(21)16-19(4)8-5-7-18(2,3)15(19)6-9-20(16,11-13)17(12)22/h13-17,21-22H,1,5-11H2,2-4H3. The fourth-order valence-electron chi connectivity index (χ4n) is 7.80. The SMILES string of the molecule is C=C1C2CC(O)C3C4(C)CCCC(C)(C)C4CCC3(C2)C1O. The van der Waals surface area contributed by atoms with Crippen molar-refractivity contribution in [2.45, 2.75) is 77.9 Å². The second kappa shape index (κ2) is 4.39. The van der Waals surface area contributed by atoms with Gasteiger partial charge in [-0.2, -0.15) is 0 Å². The van der Waals surface area contributed by atoms with E-state index in [-0.39, 0.29) is 29.0 Å². The molecule has 0 radical (unpaired) electrons. The molecule has 7 unspecified atom stereocenters. The Kier molecular flexibility index (Phi) is 3.03. The first kappa shape index (κ1) is 15.2. The van der Waals surface area contributed by atoms with Crippen LogP contribution in [-0.4, -0.2) is 22.4 Å². The summed E-state index contributed by atoms with van der Waals surface area (Å²) in [5, 5.41) is 22.0. The highest BCUT2D eigenvalue weighted by Gasteiger charge is 2.68. The summed E-state index contributed by atoms with van der Waals surface area (Å²) in [7, 11) is 0. The molecule has 124 valence electrons. The molecule has 4 aliphatic carbocycles. The fourth-order valence-corrected chi connectivity index (χ4v) is 7.80. The minimum Gasteiger partial charge on any atom is -0.393 e. The van der Waals surface area contributed by atoms with Crippen molar-refractivity contribution in [3.05, 3.63) is 12.2 Å². The van der Waals surface area contributed by atoms with Gasteiger partial charge in [0.1, 0.15) is 0 Å². The number of rotatable bonds is 0. The Morgan fingerprint density at radius 1 is 1.09 bits per heavy atom. The third-order valence-corrected chi connectivity index (χ3v) is 8.46. The van der Waals surface area contributed by atoms with Crippen LogP contribution < -0.4 is 0 Å². The lowest BCUT2D eigenvalue weighted by Crippen LogP contribution is -2.61. The predicted octanol–water partition coefficient (Wildman–Crippen LogP) is 3.92. The van der Waals surface area contributed by atoms with Crippen LogP contribution in [0.1, 0.15) is 65.7 Å². The van der Waals surface area contributed by atoms with Crippen LogP contribution in [-0.2, 0) is 0 Å². The van der Waals surface area contributed by atoms with Gasteiger partial charge in [-0.3, -0.25) is 0 Å². The summed E-state index contributed by atoms with van der Waals surface area (Å²) in [6.07, 6.45) is 7.33. The molecule has 2 heteroatoms. The van der Waals surface area contributed by atoms with Crippen molar-refractivity contribution in [3.8, 4) is 0 Å². The second-order valence-electron chi connectivity index (χ2n) is 9.83. The maximum absolute atomic E-state index is 11.0. The largest absolute Gasteiger partial charge is 0.393 e. The summed E-state index contributed by atoms with van der Waals surface area (Å²) in [4.78, 5) is 0. The molecule has 0 heterocycles. The molecule has 2 N–H and O–H groups in total. The molecule has 4 saturated carbocycles. The Labute approximate surface area is 135 Å². The highest BCUT2D eigenvalue weighted by atomic mass is 16.3. The van der Waals surface area contributed by atoms with Gasteiger partial charge in [0.25, 0.3) is 0 Å². The molecule has 0 saturated heterocycles. The van der Waals surface area contributed by atoms with Gasteiger partial charge in [-0.05, 0) is 72.7 Å². The van der Waals surface area contributed by atoms with Crippen LogP contribution in [0.3, 0.4) is 0 Å². The molecule has 0 aromatic rings. The summed E-state index contributed by atoms with van der Waals surface area (Å²) >= 11 is 0. The van der Waals surface area contributed by atoms with Crippen LogP contribution in [0.4, 0.5) is 0 Å². The van der Waals surface area contributed by atoms with E-state index in [1.807, 2.05) is 0 Å². The third kappa shape index (κ3) is 1.64. The fraction of sp³-hybridized carbons (Fsp3) is 0.900. The smallest absolute Gasteiger partial charge is 0.0810 e. The molecular formula is C20H32O2. The number of hydrogen-bond donors (Lipinski definition) is 2. The zero-order valence-corrected chi connectivity index (χ0v) is 14.4. The Hall–Kier alpha value is -0.340. The minimum atomic E-state index is -0.387. The van der Waals surface area contributed by atoms with Crippen molar-refractivity contribution >= 4 is 0 Å². The van der Waals surface area contributed by atoms with E-state index >= 15 is 0 Å². The Morgan fingerprint density at radius 2 is 1.82 bits per heavy atom. The van der Waals surface area contributed by atoms with Crippen molar-refractivity contribution in [2.24, 2.45) is 34.0 Å². The van der Waals surface area contributed by atoms with Gasteiger partial charge in [-0.15, -0.1) is 0 Å². The molecule has 4 rings (SSSR count). The van der Waals surface area contributed by atoms with Gasteiger partial charge >= 0.3 is 0 Å². The van der Waals surface area contributed by atoms with Crippen LogP contribution in [0.15, 0.2) is 12.2 Å². The van der Waals surface area contributed by atoms with Crippen molar-refractivity contribution in [2.75, 3.05) is 0 Å². The molecule has 1 spiro atoms. The minimum absolute atomic E-state index is 0.0852. The Morgan fingerprint density at radius 3 is 2.55 bits per heavy atom. The summed E-state index contributed by atoms with van der Waals surface area (Å²) in [6, 6.07) is 0. The topological polar surface area (TPSA) is 40.5 Å². The van der Waals surface area contributed by atoms with Gasteiger partial charge in [0.15, 0.2) is 0 Å². The summed E-state index contributed by atoms with van der Waals surface area (Å²) < 4.78 is 0. The van der Waals surface area contributed by atoms with E-state index < -0.39 is 0 Å². The molecule has 2 bridgehead atoms. The molecule has 7 atom stereocenters. The molecule has 0 aromatic carbocycles. The highest BCUT2D eigenvalue weighted by Crippen LogP contribution is 2.71. The van der Waals surface area contributed by atoms with Crippen molar-refractivity contribution in [1.82, 2.24) is 0 Å². The van der Waals surface area contributed by atoms with Gasteiger partial charge in [0, 0.05) is 5.41 Å². The van der Waals surface area contributed by atoms with Gasteiger partial charge in [-0.25, -0.2) is 0 Å². The Bertz CT molecular complexity index is 510. The average Bonchev–Trinajstić information content (AvgIpc) is 2.59. The second-order valence-corrected chi connectivity index (χ2v) is 9.83. The molecule has 0 aliphatic heterocycles. The first-order valence-electron chi connectivity index (χ1n) is 9.27. The lowest BCUT2D eigenvalue weighted by molar-refractivity contribution is -0.203. The van der Waals surface area contributed by atoms with Crippen LogP contribution >= 0.6 is 0 Å². The monoisotopic (exact) mass is 304 g/mol. The van der Waals surface area contributed by atoms with Crippen molar-refractivity contribution in [3.63, 3.8) is 0 Å². The van der Waals surface area contributed by atoms with Gasteiger partial charge < -0.3 is 10.2 Å². The van der Waals surface area contributed by atoms with Gasteiger partial charge in [-0.1, -0.05) is 33.8 Å². The van der Waals surface area contributed by atoms with Gasteiger partial charge in [0.05, 0.1) is 12.2 Å². The van der Waals surface area contributed by atoms with Crippen LogP contribution in [0.2, 0.25) is 0 Å². The van der Waals surface area contributed by atoms with E-state index in [0.717, 1.165) is 24.8 Å². The van der Waals surface area contributed by atoms with E-state index in [2.05, 4.69) is 27.4 Å². The predicted molar refractivity (Wildman–Crippen MR) is 88.3 cm³/mol. The number of aliphatic hydroxyl groups is 2. The highest BCUT2D eigenvalue weighted by molar-refractivity contribution is 5.28.